The average Bonchev–Trinajstić information content (AvgIpc) is 3.35. The SMILES string of the molecule is CCN(CC)C(=O)[C@@H]1C[C@H](NC(=O)c2cc(C)oc2C)CN1C1CCCC1. The summed E-state index contributed by atoms with van der Waals surface area (Å²) >= 11 is 0. The molecule has 2 heterocycles. The third kappa shape index (κ3) is 4.21. The molecule has 1 saturated carbocycles. The zero-order chi connectivity index (χ0) is 19.6. The van der Waals surface area contributed by atoms with Gasteiger partial charge in [-0.2, -0.15) is 0 Å². The van der Waals surface area contributed by atoms with Gasteiger partial charge in [-0.15, -0.1) is 0 Å². The number of amides is 2. The molecule has 0 spiro atoms. The van der Waals surface area contributed by atoms with E-state index in [1.165, 1.54) is 12.8 Å². The van der Waals surface area contributed by atoms with Gasteiger partial charge in [0.25, 0.3) is 5.91 Å². The van der Waals surface area contributed by atoms with Crippen molar-refractivity contribution in [2.75, 3.05) is 19.6 Å². The highest BCUT2D eigenvalue weighted by Crippen LogP contribution is 2.31. The second-order valence-electron chi connectivity index (χ2n) is 7.89. The minimum atomic E-state index is -0.120. The van der Waals surface area contributed by atoms with Crippen LogP contribution in [0.4, 0.5) is 0 Å². The summed E-state index contributed by atoms with van der Waals surface area (Å²) in [5.74, 6) is 1.49. The molecule has 2 fully saturated rings. The first-order valence-electron chi connectivity index (χ1n) is 10.4. The van der Waals surface area contributed by atoms with E-state index in [9.17, 15) is 9.59 Å². The number of aryl methyl sites for hydroxylation is 2. The van der Waals surface area contributed by atoms with Crippen LogP contribution in [0, 0.1) is 13.8 Å². The molecule has 0 bridgehead atoms. The Morgan fingerprint density at radius 1 is 1.22 bits per heavy atom. The first kappa shape index (κ1) is 19.9. The predicted molar refractivity (Wildman–Crippen MR) is 105 cm³/mol. The lowest BCUT2D eigenvalue weighted by Gasteiger charge is -2.32. The van der Waals surface area contributed by atoms with E-state index in [0.717, 1.165) is 38.2 Å². The first-order valence-corrected chi connectivity index (χ1v) is 10.4. The summed E-state index contributed by atoms with van der Waals surface area (Å²) in [5, 5.41) is 3.15. The van der Waals surface area contributed by atoms with Crippen molar-refractivity contribution in [3.8, 4) is 0 Å². The maximum absolute atomic E-state index is 13.1. The van der Waals surface area contributed by atoms with Crippen LogP contribution in [0.2, 0.25) is 0 Å². The molecule has 27 heavy (non-hydrogen) atoms. The lowest BCUT2D eigenvalue weighted by molar-refractivity contribution is -0.136. The van der Waals surface area contributed by atoms with Gasteiger partial charge in [0.15, 0.2) is 0 Å². The lowest BCUT2D eigenvalue weighted by Crippen LogP contribution is -2.48. The van der Waals surface area contributed by atoms with Gasteiger partial charge in [0.05, 0.1) is 11.6 Å². The van der Waals surface area contributed by atoms with Crippen molar-refractivity contribution in [1.29, 1.82) is 0 Å². The van der Waals surface area contributed by atoms with E-state index >= 15 is 0 Å². The van der Waals surface area contributed by atoms with Crippen LogP contribution in [0.5, 0.6) is 0 Å². The Morgan fingerprint density at radius 2 is 1.89 bits per heavy atom. The Kier molecular flexibility index (Phi) is 6.25. The van der Waals surface area contributed by atoms with Crippen molar-refractivity contribution in [2.24, 2.45) is 0 Å². The molecule has 6 heteroatoms. The van der Waals surface area contributed by atoms with Crippen LogP contribution in [0.25, 0.3) is 0 Å². The van der Waals surface area contributed by atoms with Crippen LogP contribution < -0.4 is 5.32 Å². The van der Waals surface area contributed by atoms with Gasteiger partial charge in [0.2, 0.25) is 5.91 Å². The minimum Gasteiger partial charge on any atom is -0.466 e. The highest BCUT2D eigenvalue weighted by molar-refractivity contribution is 5.95. The number of nitrogens with zero attached hydrogens (tertiary/aromatic N) is 2. The van der Waals surface area contributed by atoms with Gasteiger partial charge in [-0.25, -0.2) is 0 Å². The van der Waals surface area contributed by atoms with E-state index in [4.69, 9.17) is 4.42 Å². The molecule has 1 N–H and O–H groups in total. The highest BCUT2D eigenvalue weighted by atomic mass is 16.3. The molecule has 2 amide bonds. The molecule has 1 aliphatic carbocycles. The fraction of sp³-hybridized carbons (Fsp3) is 0.714. The summed E-state index contributed by atoms with van der Waals surface area (Å²) in [6.07, 6.45) is 5.47. The van der Waals surface area contributed by atoms with Crippen LogP contribution in [0.3, 0.4) is 0 Å². The smallest absolute Gasteiger partial charge is 0.255 e. The third-order valence-corrected chi connectivity index (χ3v) is 6.11. The van der Waals surface area contributed by atoms with Gasteiger partial charge in [-0.05, 0) is 53.0 Å². The topological polar surface area (TPSA) is 65.8 Å². The van der Waals surface area contributed by atoms with Crippen LogP contribution >= 0.6 is 0 Å². The Labute approximate surface area is 162 Å². The van der Waals surface area contributed by atoms with E-state index in [2.05, 4.69) is 10.2 Å². The number of likely N-dealkylation sites (tertiary alicyclic amines) is 1. The summed E-state index contributed by atoms with van der Waals surface area (Å²) in [6, 6.07) is 2.13. The molecule has 2 atom stereocenters. The van der Waals surface area contributed by atoms with Crippen molar-refractivity contribution in [2.45, 2.75) is 77.9 Å². The molecule has 1 aromatic rings. The zero-order valence-electron chi connectivity index (χ0n) is 17.1. The van der Waals surface area contributed by atoms with Crippen molar-refractivity contribution >= 4 is 11.8 Å². The van der Waals surface area contributed by atoms with Crippen LogP contribution in [-0.2, 0) is 4.79 Å². The van der Waals surface area contributed by atoms with Crippen LogP contribution in [-0.4, -0.2) is 59.4 Å². The number of hydrogen-bond acceptors (Lipinski definition) is 4. The Balaban J connectivity index is 1.73. The van der Waals surface area contributed by atoms with Gasteiger partial charge < -0.3 is 14.6 Å². The van der Waals surface area contributed by atoms with Crippen molar-refractivity contribution in [1.82, 2.24) is 15.1 Å². The Bertz CT molecular complexity index is 674. The number of rotatable bonds is 6. The van der Waals surface area contributed by atoms with Gasteiger partial charge in [-0.1, -0.05) is 12.8 Å². The largest absolute Gasteiger partial charge is 0.466 e. The number of furan rings is 1. The maximum atomic E-state index is 13.1. The number of hydrogen-bond donors (Lipinski definition) is 1. The van der Waals surface area contributed by atoms with Crippen LogP contribution in [0.1, 0.15) is 67.8 Å². The van der Waals surface area contributed by atoms with Gasteiger partial charge in [0, 0.05) is 31.7 Å². The predicted octanol–water partition coefficient (Wildman–Crippen LogP) is 2.88. The summed E-state index contributed by atoms with van der Waals surface area (Å²) in [6.45, 7) is 9.93. The number of carbonyl (C=O) groups excluding carboxylic acids is 2. The standard InChI is InChI=1S/C21H33N3O3/c1-5-23(6-2)21(26)19-12-16(13-24(19)17-9-7-8-10-17)22-20(25)18-11-14(3)27-15(18)4/h11,16-17,19H,5-10,12-13H2,1-4H3,(H,22,25)/t16-,19-/m0/s1. The molecular weight excluding hydrogens is 342 g/mol. The fourth-order valence-electron chi connectivity index (χ4n) is 4.71. The first-order chi connectivity index (χ1) is 12.9. The number of carbonyl (C=O) groups is 2. The molecule has 2 aliphatic rings. The zero-order valence-corrected chi connectivity index (χ0v) is 17.1. The maximum Gasteiger partial charge on any atom is 0.255 e. The molecule has 6 nitrogen and oxygen atoms in total. The summed E-state index contributed by atoms with van der Waals surface area (Å²) in [4.78, 5) is 30.1. The average molecular weight is 376 g/mol. The summed E-state index contributed by atoms with van der Waals surface area (Å²) in [5.41, 5.74) is 0.596. The quantitative estimate of drug-likeness (QED) is 0.830. The molecule has 1 aliphatic heterocycles. The summed E-state index contributed by atoms with van der Waals surface area (Å²) < 4.78 is 5.49. The second-order valence-corrected chi connectivity index (χ2v) is 7.89. The monoisotopic (exact) mass is 375 g/mol. The number of likely N-dealkylation sites (N-methyl/N-ethyl adjacent to an activating group) is 1. The van der Waals surface area contributed by atoms with E-state index in [1.54, 1.807) is 6.07 Å². The highest BCUT2D eigenvalue weighted by Gasteiger charge is 2.42. The fourth-order valence-corrected chi connectivity index (χ4v) is 4.71. The molecule has 0 radical (unpaired) electrons. The normalized spacial score (nSPS) is 23.7. The van der Waals surface area contributed by atoms with E-state index < -0.39 is 0 Å². The summed E-state index contributed by atoms with van der Waals surface area (Å²) in [7, 11) is 0. The van der Waals surface area contributed by atoms with Crippen molar-refractivity contribution in [3.05, 3.63) is 23.2 Å². The number of nitrogens with one attached hydrogen (secondary N) is 1. The second kappa shape index (κ2) is 8.46. The molecule has 1 aromatic heterocycles. The molecule has 0 unspecified atom stereocenters. The molecule has 150 valence electrons. The minimum absolute atomic E-state index is 0.00258. The molecule has 0 aromatic carbocycles. The van der Waals surface area contributed by atoms with E-state index in [1.807, 2.05) is 32.6 Å². The Morgan fingerprint density at radius 3 is 2.44 bits per heavy atom. The van der Waals surface area contributed by atoms with E-state index in [0.29, 0.717) is 23.8 Å². The molecular formula is C21H33N3O3. The van der Waals surface area contributed by atoms with Gasteiger partial charge in [-0.3, -0.25) is 14.5 Å². The van der Waals surface area contributed by atoms with Gasteiger partial charge in [0.1, 0.15) is 11.5 Å². The van der Waals surface area contributed by atoms with Crippen molar-refractivity contribution in [3.63, 3.8) is 0 Å². The third-order valence-electron chi connectivity index (χ3n) is 6.11. The van der Waals surface area contributed by atoms with Crippen molar-refractivity contribution < 1.29 is 14.0 Å². The molecule has 3 rings (SSSR count). The lowest BCUT2D eigenvalue weighted by atomic mass is 10.1. The van der Waals surface area contributed by atoms with E-state index in [-0.39, 0.29) is 23.9 Å². The molecule has 1 saturated heterocycles. The van der Waals surface area contributed by atoms with Gasteiger partial charge >= 0.3 is 0 Å². The Hall–Kier alpha value is -1.82. The van der Waals surface area contributed by atoms with Crippen LogP contribution in [0.15, 0.2) is 10.5 Å².